The number of fused-ring (bicyclic) bond motifs is 2. The standard InChI is InChI=1S/C24H30/c1-2-10-15-8-5-13(15)20-17-9(1)12-6-14-16(12)21-22-11(19(17)18(10)20)3-4-24(22,7-8)23(14)21/h8-23H,1-7H2. The average Bonchev–Trinajstić information content (AvgIpc) is 2.74. The zero-order valence-electron chi connectivity index (χ0n) is 14.7. The van der Waals surface area contributed by atoms with E-state index in [2.05, 4.69) is 0 Å². The molecule has 0 amide bonds. The minimum atomic E-state index is 0.938. The maximum absolute atomic E-state index is 1.75. The predicted molar refractivity (Wildman–Crippen MR) is 90.6 cm³/mol. The molecule has 0 aliphatic heterocycles. The fourth-order valence-electron chi connectivity index (χ4n) is 14.3. The first-order valence-corrected chi connectivity index (χ1v) is 11.9. The molecule has 10 bridgehead atoms. The van der Waals surface area contributed by atoms with Crippen LogP contribution in [0.3, 0.4) is 0 Å². The molecule has 0 saturated heterocycles. The second-order valence-corrected chi connectivity index (χ2v) is 12.9. The highest BCUT2D eigenvalue weighted by Gasteiger charge is 2.86. The lowest BCUT2D eigenvalue weighted by molar-refractivity contribution is -0.364. The van der Waals surface area contributed by atoms with Crippen LogP contribution < -0.4 is 0 Å². The van der Waals surface area contributed by atoms with Crippen LogP contribution in [0.2, 0.25) is 0 Å². The molecule has 17 unspecified atom stereocenters. The van der Waals surface area contributed by atoms with Gasteiger partial charge in [0.15, 0.2) is 0 Å². The van der Waals surface area contributed by atoms with Gasteiger partial charge in [-0.2, -0.15) is 0 Å². The molecule has 0 aromatic carbocycles. The molecule has 11 fully saturated rings. The highest BCUT2D eigenvalue weighted by Crippen LogP contribution is 2.91. The summed E-state index contributed by atoms with van der Waals surface area (Å²) < 4.78 is 0. The lowest BCUT2D eigenvalue weighted by Crippen LogP contribution is -2.79. The van der Waals surface area contributed by atoms with E-state index in [1.165, 1.54) is 94.7 Å². The minimum Gasteiger partial charge on any atom is -0.0496 e. The molecule has 24 heavy (non-hydrogen) atoms. The second kappa shape index (κ2) is 2.99. The van der Waals surface area contributed by atoms with Crippen LogP contribution in [0.15, 0.2) is 0 Å². The van der Waals surface area contributed by atoms with Crippen molar-refractivity contribution in [3.05, 3.63) is 0 Å². The first-order chi connectivity index (χ1) is 11.9. The van der Waals surface area contributed by atoms with Crippen molar-refractivity contribution in [3.8, 4) is 0 Å². The van der Waals surface area contributed by atoms with Crippen LogP contribution in [0.25, 0.3) is 0 Å². The van der Waals surface area contributed by atoms with Gasteiger partial charge in [0.2, 0.25) is 0 Å². The van der Waals surface area contributed by atoms with Gasteiger partial charge in [0.05, 0.1) is 0 Å². The summed E-state index contributed by atoms with van der Waals surface area (Å²) in [4.78, 5) is 0. The lowest BCUT2D eigenvalue weighted by atomic mass is 9.21. The fourth-order valence-corrected chi connectivity index (χ4v) is 14.3. The smallest absolute Gasteiger partial charge is 0.0227 e. The Morgan fingerprint density at radius 1 is 0.500 bits per heavy atom. The van der Waals surface area contributed by atoms with E-state index >= 15 is 0 Å². The molecule has 0 N–H and O–H groups in total. The molecule has 126 valence electrons. The van der Waals surface area contributed by atoms with Crippen LogP contribution in [-0.4, -0.2) is 0 Å². The van der Waals surface area contributed by atoms with Crippen LogP contribution >= 0.6 is 0 Å². The molecule has 0 heteroatoms. The zero-order valence-corrected chi connectivity index (χ0v) is 14.7. The molecule has 0 radical (unpaired) electrons. The third kappa shape index (κ3) is 0.773. The quantitative estimate of drug-likeness (QED) is 0.607. The fraction of sp³-hybridized carbons (Fsp3) is 1.00. The van der Waals surface area contributed by atoms with Gasteiger partial charge >= 0.3 is 0 Å². The monoisotopic (exact) mass is 318 g/mol. The molecule has 17 atom stereocenters. The van der Waals surface area contributed by atoms with E-state index in [1.807, 2.05) is 0 Å². The Morgan fingerprint density at radius 2 is 1.29 bits per heavy atom. The van der Waals surface area contributed by atoms with Crippen molar-refractivity contribution in [2.24, 2.45) is 100 Å². The summed E-state index contributed by atoms with van der Waals surface area (Å²) in [6, 6.07) is 0. The lowest BCUT2D eigenvalue weighted by Gasteiger charge is -2.83. The van der Waals surface area contributed by atoms with Gasteiger partial charge in [-0.3, -0.25) is 0 Å². The van der Waals surface area contributed by atoms with E-state index in [1.54, 1.807) is 44.9 Å². The van der Waals surface area contributed by atoms with Crippen LogP contribution in [0.4, 0.5) is 0 Å². The highest BCUT2D eigenvalue weighted by atomic mass is 14.9. The topological polar surface area (TPSA) is 0 Å². The third-order valence-corrected chi connectivity index (χ3v) is 13.9. The van der Waals surface area contributed by atoms with Crippen LogP contribution in [0, 0.1) is 100 Å². The van der Waals surface area contributed by atoms with Crippen molar-refractivity contribution in [3.63, 3.8) is 0 Å². The largest absolute Gasteiger partial charge is 0.0496 e. The van der Waals surface area contributed by atoms with Gasteiger partial charge in [-0.25, -0.2) is 0 Å². The van der Waals surface area contributed by atoms with E-state index in [-0.39, 0.29) is 0 Å². The van der Waals surface area contributed by atoms with Crippen molar-refractivity contribution < 1.29 is 0 Å². The Labute approximate surface area is 145 Å². The summed E-state index contributed by atoms with van der Waals surface area (Å²) in [5.41, 5.74) is 0.938. The molecule has 0 heterocycles. The molecule has 11 aliphatic rings. The first kappa shape index (κ1) is 11.7. The van der Waals surface area contributed by atoms with Crippen molar-refractivity contribution in [2.75, 3.05) is 0 Å². The minimum absolute atomic E-state index is 0.938. The van der Waals surface area contributed by atoms with Gasteiger partial charge in [-0.05, 0) is 145 Å². The highest BCUT2D eigenvalue weighted by molar-refractivity contribution is 5.34. The van der Waals surface area contributed by atoms with Gasteiger partial charge in [0.25, 0.3) is 0 Å². The summed E-state index contributed by atoms with van der Waals surface area (Å²) in [7, 11) is 0. The summed E-state index contributed by atoms with van der Waals surface area (Å²) in [5, 5.41) is 0. The maximum Gasteiger partial charge on any atom is -0.0227 e. The summed E-state index contributed by atoms with van der Waals surface area (Å²) >= 11 is 0. The van der Waals surface area contributed by atoms with E-state index in [0.717, 1.165) is 5.41 Å². The maximum atomic E-state index is 1.75. The molecule has 11 rings (SSSR count). The van der Waals surface area contributed by atoms with E-state index < -0.39 is 0 Å². The molecule has 0 aromatic heterocycles. The molecule has 0 nitrogen and oxygen atoms in total. The van der Waals surface area contributed by atoms with Crippen molar-refractivity contribution in [1.82, 2.24) is 0 Å². The molecule has 11 aliphatic carbocycles. The number of rotatable bonds is 0. The normalized spacial score (nSPS) is 87.0. The zero-order chi connectivity index (χ0) is 14.7. The van der Waals surface area contributed by atoms with E-state index in [0.29, 0.717) is 0 Å². The Balaban J connectivity index is 1.31. The van der Waals surface area contributed by atoms with E-state index in [4.69, 9.17) is 0 Å². The van der Waals surface area contributed by atoms with Crippen molar-refractivity contribution in [2.45, 2.75) is 44.9 Å². The van der Waals surface area contributed by atoms with Crippen molar-refractivity contribution >= 4 is 0 Å². The van der Waals surface area contributed by atoms with Gasteiger partial charge in [-0.15, -0.1) is 0 Å². The van der Waals surface area contributed by atoms with Crippen LogP contribution in [0.5, 0.6) is 0 Å². The number of hydrogen-bond acceptors (Lipinski definition) is 0. The molecular formula is C24H30. The Morgan fingerprint density at radius 3 is 2.29 bits per heavy atom. The van der Waals surface area contributed by atoms with Gasteiger partial charge in [-0.1, -0.05) is 0 Å². The average molecular weight is 319 g/mol. The van der Waals surface area contributed by atoms with Crippen LogP contribution in [0.1, 0.15) is 44.9 Å². The van der Waals surface area contributed by atoms with Gasteiger partial charge in [0, 0.05) is 0 Å². The summed E-state index contributed by atoms with van der Waals surface area (Å²) in [6.45, 7) is 0. The molecule has 0 spiro atoms. The van der Waals surface area contributed by atoms with Gasteiger partial charge < -0.3 is 0 Å². The molecule has 0 aromatic rings. The Kier molecular flexibility index (Phi) is 1.45. The second-order valence-electron chi connectivity index (χ2n) is 12.9. The van der Waals surface area contributed by atoms with Crippen molar-refractivity contribution in [1.29, 1.82) is 0 Å². The SMILES string of the molecule is C1CC2C3C4CC3C3C5C1C1CC6C1C1C6C6(CCC(C5C23)C16)C4. The number of hydrogen-bond donors (Lipinski definition) is 0. The van der Waals surface area contributed by atoms with E-state index in [9.17, 15) is 0 Å². The first-order valence-electron chi connectivity index (χ1n) is 11.9. The third-order valence-electron chi connectivity index (χ3n) is 13.9. The predicted octanol–water partition coefficient (Wildman–Crippen LogP) is 4.70. The van der Waals surface area contributed by atoms with Gasteiger partial charge in [0.1, 0.15) is 0 Å². The summed E-state index contributed by atoms with van der Waals surface area (Å²) in [6.07, 6.45) is 12.0. The Bertz CT molecular complexity index is 724. The molecular weight excluding hydrogens is 288 g/mol. The summed E-state index contributed by atoms with van der Waals surface area (Å²) in [5.74, 6) is 20.2. The Hall–Kier alpha value is 0. The molecule has 11 saturated carbocycles. The van der Waals surface area contributed by atoms with Crippen LogP contribution in [-0.2, 0) is 0 Å².